The highest BCUT2D eigenvalue weighted by molar-refractivity contribution is 7.90. The molecule has 0 spiro atoms. The molecule has 0 atom stereocenters. The summed E-state index contributed by atoms with van der Waals surface area (Å²) in [4.78, 5) is 15.9. The van der Waals surface area contributed by atoms with Crippen LogP contribution < -0.4 is 5.32 Å². The number of carbonyl (C=O) groups excluding carboxylic acids is 1. The highest BCUT2D eigenvalue weighted by Crippen LogP contribution is 2.32. The first-order chi connectivity index (χ1) is 10.6. The van der Waals surface area contributed by atoms with E-state index in [2.05, 4.69) is 10.3 Å². The van der Waals surface area contributed by atoms with Crippen LogP contribution >= 0.6 is 0 Å². The normalized spacial score (nSPS) is 20.7. The number of nitrogens with one attached hydrogen (secondary N) is 1. The lowest BCUT2D eigenvalue weighted by Crippen LogP contribution is -2.42. The molecule has 1 amide bonds. The highest BCUT2D eigenvalue weighted by Gasteiger charge is 2.41. The zero-order valence-electron chi connectivity index (χ0n) is 12.4. The summed E-state index contributed by atoms with van der Waals surface area (Å²) in [7, 11) is -3.05. The van der Waals surface area contributed by atoms with Crippen LogP contribution in [-0.4, -0.2) is 48.5 Å². The summed E-state index contributed by atoms with van der Waals surface area (Å²) in [5, 5.41) is 2.76. The molecule has 2 aliphatic rings. The molecule has 1 aromatic rings. The third kappa shape index (κ3) is 3.47. The fraction of sp³-hybridized carbons (Fsp3) is 0.600. The topological polar surface area (TPSA) is 79.4 Å². The average molecular weight is 323 g/mol. The Bertz CT molecular complexity index is 621. The van der Waals surface area contributed by atoms with Crippen LogP contribution in [0, 0.1) is 5.92 Å². The first-order valence-electron chi connectivity index (χ1n) is 7.75. The third-order valence-corrected chi connectivity index (χ3v) is 6.73. The number of hydrogen-bond acceptors (Lipinski definition) is 4. The molecule has 3 rings (SSSR count). The van der Waals surface area contributed by atoms with Crippen molar-refractivity contribution in [2.75, 3.05) is 19.6 Å². The Morgan fingerprint density at radius 3 is 2.55 bits per heavy atom. The predicted molar refractivity (Wildman–Crippen MR) is 82.8 cm³/mol. The fourth-order valence-corrected chi connectivity index (χ4v) is 4.64. The van der Waals surface area contributed by atoms with Crippen molar-refractivity contribution in [1.29, 1.82) is 0 Å². The number of aromatic nitrogens is 1. The number of piperidine rings is 1. The lowest BCUT2D eigenvalue weighted by atomic mass is 9.98. The van der Waals surface area contributed by atoms with Crippen LogP contribution in [0.25, 0.3) is 0 Å². The number of sulfonamides is 1. The first-order valence-corrected chi connectivity index (χ1v) is 9.26. The van der Waals surface area contributed by atoms with E-state index in [1.54, 1.807) is 28.7 Å². The molecule has 1 aliphatic carbocycles. The number of amides is 1. The van der Waals surface area contributed by atoms with Gasteiger partial charge in [0.2, 0.25) is 10.0 Å². The molecule has 0 unspecified atom stereocenters. The molecular formula is C15H21N3O3S. The van der Waals surface area contributed by atoms with Gasteiger partial charge < -0.3 is 5.32 Å². The lowest BCUT2D eigenvalue weighted by molar-refractivity contribution is 0.0936. The standard InChI is InChI=1S/C15H21N3O3S/c19-15(14-3-1-2-8-16-14)17-11-12-6-9-18(10-7-12)22(20,21)13-4-5-13/h1-3,8,12-13H,4-7,9-11H2,(H,17,19). The van der Waals surface area contributed by atoms with E-state index < -0.39 is 10.0 Å². The second kappa shape index (κ2) is 6.34. The minimum Gasteiger partial charge on any atom is -0.350 e. The molecule has 1 saturated heterocycles. The van der Waals surface area contributed by atoms with Gasteiger partial charge in [0, 0.05) is 25.8 Å². The average Bonchev–Trinajstić information content (AvgIpc) is 3.39. The van der Waals surface area contributed by atoms with Crippen LogP contribution in [0.4, 0.5) is 0 Å². The van der Waals surface area contributed by atoms with Crippen molar-refractivity contribution >= 4 is 15.9 Å². The quantitative estimate of drug-likeness (QED) is 0.877. The van der Waals surface area contributed by atoms with Gasteiger partial charge in [-0.2, -0.15) is 0 Å². The zero-order chi connectivity index (χ0) is 15.6. The largest absolute Gasteiger partial charge is 0.350 e. The fourth-order valence-electron chi connectivity index (χ4n) is 2.77. The van der Waals surface area contributed by atoms with Crippen LogP contribution in [0.15, 0.2) is 24.4 Å². The van der Waals surface area contributed by atoms with Gasteiger partial charge in [-0.05, 0) is 43.7 Å². The Labute approximate surface area is 131 Å². The Morgan fingerprint density at radius 2 is 1.95 bits per heavy atom. The summed E-state index contributed by atoms with van der Waals surface area (Å²) >= 11 is 0. The van der Waals surface area contributed by atoms with Crippen molar-refractivity contribution in [3.63, 3.8) is 0 Å². The van der Waals surface area contributed by atoms with Crippen molar-refractivity contribution in [3.8, 4) is 0 Å². The predicted octanol–water partition coefficient (Wildman–Crippen LogP) is 1.02. The van der Waals surface area contributed by atoms with E-state index in [0.717, 1.165) is 25.7 Å². The first kappa shape index (κ1) is 15.4. The Morgan fingerprint density at radius 1 is 1.23 bits per heavy atom. The van der Waals surface area contributed by atoms with Gasteiger partial charge in [-0.25, -0.2) is 12.7 Å². The van der Waals surface area contributed by atoms with Crippen LogP contribution in [0.2, 0.25) is 0 Å². The van der Waals surface area contributed by atoms with E-state index in [1.165, 1.54) is 0 Å². The van der Waals surface area contributed by atoms with Crippen molar-refractivity contribution in [2.45, 2.75) is 30.9 Å². The van der Waals surface area contributed by atoms with E-state index in [4.69, 9.17) is 0 Å². The molecule has 0 bridgehead atoms. The van der Waals surface area contributed by atoms with E-state index in [0.29, 0.717) is 31.2 Å². The van der Waals surface area contributed by atoms with Gasteiger partial charge in [-0.3, -0.25) is 9.78 Å². The molecule has 0 aromatic carbocycles. The van der Waals surface area contributed by atoms with Gasteiger partial charge >= 0.3 is 0 Å². The molecule has 0 radical (unpaired) electrons. The van der Waals surface area contributed by atoms with Crippen molar-refractivity contribution in [3.05, 3.63) is 30.1 Å². The maximum absolute atomic E-state index is 12.2. The summed E-state index contributed by atoms with van der Waals surface area (Å²) in [6.07, 6.45) is 4.81. The minimum absolute atomic E-state index is 0.132. The van der Waals surface area contributed by atoms with E-state index >= 15 is 0 Å². The van der Waals surface area contributed by atoms with E-state index in [-0.39, 0.29) is 11.2 Å². The molecule has 6 nitrogen and oxygen atoms in total. The summed E-state index contributed by atoms with van der Waals surface area (Å²) < 4.78 is 25.9. The maximum Gasteiger partial charge on any atom is 0.269 e. The second-order valence-electron chi connectivity index (χ2n) is 6.01. The van der Waals surface area contributed by atoms with E-state index in [1.807, 2.05) is 0 Å². The molecule has 1 saturated carbocycles. The lowest BCUT2D eigenvalue weighted by Gasteiger charge is -2.31. The van der Waals surface area contributed by atoms with Crippen LogP contribution in [0.3, 0.4) is 0 Å². The second-order valence-corrected chi connectivity index (χ2v) is 8.22. The van der Waals surface area contributed by atoms with Gasteiger partial charge in [0.15, 0.2) is 0 Å². The van der Waals surface area contributed by atoms with Gasteiger partial charge in [0.05, 0.1) is 5.25 Å². The van der Waals surface area contributed by atoms with Crippen LogP contribution in [0.5, 0.6) is 0 Å². The molecular weight excluding hydrogens is 302 g/mol. The molecule has 1 N–H and O–H groups in total. The third-order valence-electron chi connectivity index (χ3n) is 4.33. The number of hydrogen-bond donors (Lipinski definition) is 1. The van der Waals surface area contributed by atoms with Crippen molar-refractivity contribution in [2.24, 2.45) is 5.92 Å². The summed E-state index contributed by atoms with van der Waals surface area (Å²) in [6.45, 7) is 1.72. The SMILES string of the molecule is O=C(NCC1CCN(S(=O)(=O)C2CC2)CC1)c1ccccn1. The zero-order valence-corrected chi connectivity index (χ0v) is 13.3. The van der Waals surface area contributed by atoms with Crippen molar-refractivity contribution < 1.29 is 13.2 Å². The van der Waals surface area contributed by atoms with Crippen molar-refractivity contribution in [1.82, 2.24) is 14.6 Å². The summed E-state index contributed by atoms with van der Waals surface area (Å²) in [6, 6.07) is 5.23. The minimum atomic E-state index is -3.05. The molecule has 7 heteroatoms. The summed E-state index contributed by atoms with van der Waals surface area (Å²) in [5.41, 5.74) is 0.413. The monoisotopic (exact) mass is 323 g/mol. The van der Waals surface area contributed by atoms with Crippen LogP contribution in [0.1, 0.15) is 36.2 Å². The van der Waals surface area contributed by atoms with Gasteiger partial charge in [0.25, 0.3) is 5.91 Å². The number of rotatable bonds is 5. The van der Waals surface area contributed by atoms with Gasteiger partial charge in [0.1, 0.15) is 5.69 Å². The highest BCUT2D eigenvalue weighted by atomic mass is 32.2. The van der Waals surface area contributed by atoms with Gasteiger partial charge in [-0.1, -0.05) is 6.07 Å². The Balaban J connectivity index is 1.45. The van der Waals surface area contributed by atoms with Crippen LogP contribution in [-0.2, 0) is 10.0 Å². The smallest absolute Gasteiger partial charge is 0.269 e. The molecule has 2 heterocycles. The maximum atomic E-state index is 12.2. The summed E-state index contributed by atoms with van der Waals surface area (Å²) in [5.74, 6) is 0.159. The molecule has 120 valence electrons. The molecule has 2 fully saturated rings. The number of nitrogens with zero attached hydrogens (tertiary/aromatic N) is 2. The Kier molecular flexibility index (Phi) is 4.44. The number of carbonyl (C=O) groups is 1. The Hall–Kier alpha value is -1.47. The molecule has 1 aliphatic heterocycles. The van der Waals surface area contributed by atoms with E-state index in [9.17, 15) is 13.2 Å². The molecule has 1 aromatic heterocycles. The van der Waals surface area contributed by atoms with Gasteiger partial charge in [-0.15, -0.1) is 0 Å². The number of pyridine rings is 1. The molecule has 22 heavy (non-hydrogen) atoms.